The first-order valence-electron chi connectivity index (χ1n) is 10.2. The van der Waals surface area contributed by atoms with Crippen molar-refractivity contribution in [3.05, 3.63) is 24.2 Å². The van der Waals surface area contributed by atoms with Gasteiger partial charge in [-0.2, -0.15) is 0 Å². The van der Waals surface area contributed by atoms with Crippen LogP contribution in [0.5, 0.6) is 0 Å². The molecule has 3 heterocycles. The van der Waals surface area contributed by atoms with Crippen LogP contribution in [0.1, 0.15) is 71.5 Å². The molecule has 156 valence electrons. The molecule has 2 aliphatic heterocycles. The third-order valence-electron chi connectivity index (χ3n) is 8.87. The first-order valence-corrected chi connectivity index (χ1v) is 10.2. The molecular formula is C22H26O7. The van der Waals surface area contributed by atoms with Gasteiger partial charge in [0.15, 0.2) is 5.41 Å². The third-order valence-corrected chi connectivity index (χ3v) is 8.87. The van der Waals surface area contributed by atoms with E-state index in [1.807, 2.05) is 6.92 Å². The fraction of sp³-hybridized carbons (Fsp3) is 0.682. The van der Waals surface area contributed by atoms with Gasteiger partial charge in [-0.25, -0.2) is 0 Å². The Hall–Kier alpha value is -2.31. The number of carbonyl (C=O) groups excluding carboxylic acids is 3. The van der Waals surface area contributed by atoms with E-state index in [2.05, 4.69) is 6.92 Å². The summed E-state index contributed by atoms with van der Waals surface area (Å²) in [5, 5.41) is 0. The highest BCUT2D eigenvalue weighted by Crippen LogP contribution is 2.79. The average molecular weight is 402 g/mol. The second-order valence-electron chi connectivity index (χ2n) is 9.77. The summed E-state index contributed by atoms with van der Waals surface area (Å²) in [4.78, 5) is 38.8. The van der Waals surface area contributed by atoms with E-state index in [-0.39, 0.29) is 12.4 Å². The molecule has 4 aliphatic rings. The zero-order valence-corrected chi connectivity index (χ0v) is 17.2. The van der Waals surface area contributed by atoms with Crippen molar-refractivity contribution in [2.24, 2.45) is 16.2 Å². The van der Waals surface area contributed by atoms with Gasteiger partial charge < -0.3 is 18.6 Å². The van der Waals surface area contributed by atoms with E-state index in [4.69, 9.17) is 18.6 Å². The lowest BCUT2D eigenvalue weighted by molar-refractivity contribution is -0.251. The highest BCUT2D eigenvalue weighted by molar-refractivity contribution is 5.90. The first kappa shape index (κ1) is 18.7. The Morgan fingerprint density at radius 2 is 1.86 bits per heavy atom. The van der Waals surface area contributed by atoms with Crippen LogP contribution in [0.3, 0.4) is 0 Å². The van der Waals surface area contributed by atoms with Crippen molar-refractivity contribution < 1.29 is 33.0 Å². The smallest absolute Gasteiger partial charge is 0.321 e. The fourth-order valence-electron chi connectivity index (χ4n) is 7.06. The maximum Gasteiger partial charge on any atom is 0.321 e. The van der Waals surface area contributed by atoms with Gasteiger partial charge in [0.1, 0.15) is 17.3 Å². The van der Waals surface area contributed by atoms with Crippen molar-refractivity contribution in [2.45, 2.75) is 77.1 Å². The molecule has 6 unspecified atom stereocenters. The molecule has 0 amide bonds. The van der Waals surface area contributed by atoms with Crippen LogP contribution >= 0.6 is 0 Å². The Bertz CT molecular complexity index is 922. The number of hydrogen-bond donors (Lipinski definition) is 0. The Morgan fingerprint density at radius 1 is 1.10 bits per heavy atom. The molecule has 7 heteroatoms. The van der Waals surface area contributed by atoms with Crippen LogP contribution in [-0.2, 0) is 28.6 Å². The van der Waals surface area contributed by atoms with Gasteiger partial charge in [-0.1, -0.05) is 6.92 Å². The molecule has 2 saturated carbocycles. The summed E-state index contributed by atoms with van der Waals surface area (Å²) in [5.74, 6) is -1.19. The summed E-state index contributed by atoms with van der Waals surface area (Å²) < 4.78 is 23.1. The highest BCUT2D eigenvalue weighted by Gasteiger charge is 2.88. The molecule has 1 aromatic rings. The van der Waals surface area contributed by atoms with Crippen LogP contribution in [0.15, 0.2) is 23.0 Å². The van der Waals surface area contributed by atoms with Gasteiger partial charge in [0, 0.05) is 24.3 Å². The quantitative estimate of drug-likeness (QED) is 0.552. The second kappa shape index (κ2) is 5.24. The zero-order valence-electron chi connectivity index (χ0n) is 17.2. The van der Waals surface area contributed by atoms with Gasteiger partial charge in [-0.15, -0.1) is 0 Å². The molecule has 2 bridgehead atoms. The number of furan rings is 1. The highest BCUT2D eigenvalue weighted by atomic mass is 16.6. The van der Waals surface area contributed by atoms with Gasteiger partial charge in [0.2, 0.25) is 0 Å². The van der Waals surface area contributed by atoms with E-state index in [1.165, 1.54) is 13.2 Å². The van der Waals surface area contributed by atoms with Crippen molar-refractivity contribution in [1.29, 1.82) is 0 Å². The summed E-state index contributed by atoms with van der Waals surface area (Å²) in [6.07, 6.45) is 5.10. The molecule has 0 radical (unpaired) electrons. The minimum absolute atomic E-state index is 0.266. The number of hydrogen-bond acceptors (Lipinski definition) is 7. The summed E-state index contributed by atoms with van der Waals surface area (Å²) in [6, 6.07) is 1.76. The second-order valence-corrected chi connectivity index (χ2v) is 9.77. The Labute approximate surface area is 169 Å². The first-order chi connectivity index (χ1) is 13.6. The van der Waals surface area contributed by atoms with Crippen molar-refractivity contribution in [3.8, 4) is 0 Å². The molecule has 4 fully saturated rings. The van der Waals surface area contributed by atoms with Gasteiger partial charge >= 0.3 is 17.9 Å². The van der Waals surface area contributed by atoms with Gasteiger partial charge in [0.25, 0.3) is 0 Å². The van der Waals surface area contributed by atoms with Crippen molar-refractivity contribution in [3.63, 3.8) is 0 Å². The number of carbonyl (C=O) groups is 3. The van der Waals surface area contributed by atoms with E-state index in [1.54, 1.807) is 19.3 Å². The summed E-state index contributed by atoms with van der Waals surface area (Å²) >= 11 is 0. The topological polar surface area (TPSA) is 92.0 Å². The Kier molecular flexibility index (Phi) is 3.38. The number of esters is 3. The van der Waals surface area contributed by atoms with Crippen LogP contribution in [-0.4, -0.2) is 29.1 Å². The molecule has 5 rings (SSSR count). The standard InChI is InChI=1S/C22H26O7/c1-13(23)28-20(4)8-7-19(3)18(2)6-9-22(19,29-16(18)24)21(20)11-15(27-17(21)25)14-5-10-26-12-14/h5,10,12,15H,6-9,11H2,1-4H3. The summed E-state index contributed by atoms with van der Waals surface area (Å²) in [6.45, 7) is 7.14. The van der Waals surface area contributed by atoms with Crippen molar-refractivity contribution >= 4 is 17.9 Å². The molecule has 6 atom stereocenters. The Balaban J connectivity index is 1.73. The predicted octanol–water partition coefficient (Wildman–Crippen LogP) is 3.47. The van der Waals surface area contributed by atoms with Crippen LogP contribution in [0.25, 0.3) is 0 Å². The minimum atomic E-state index is -1.27. The van der Waals surface area contributed by atoms with Crippen LogP contribution < -0.4 is 0 Å². The molecule has 1 spiro atoms. The molecule has 2 saturated heterocycles. The van der Waals surface area contributed by atoms with E-state index in [9.17, 15) is 14.4 Å². The molecule has 1 aromatic heterocycles. The fourth-order valence-corrected chi connectivity index (χ4v) is 7.06. The number of rotatable bonds is 2. The maximum absolute atomic E-state index is 13.7. The van der Waals surface area contributed by atoms with E-state index >= 15 is 0 Å². The number of ether oxygens (including phenoxy) is 3. The van der Waals surface area contributed by atoms with Crippen LogP contribution in [0.2, 0.25) is 0 Å². The van der Waals surface area contributed by atoms with Crippen molar-refractivity contribution in [2.75, 3.05) is 0 Å². The average Bonchev–Trinajstić information content (AvgIpc) is 3.36. The molecule has 0 aromatic carbocycles. The lowest BCUT2D eigenvalue weighted by Gasteiger charge is -2.59. The SMILES string of the molecule is CC(=O)OC1(C)CCC2(C)C3(C)CCC2(OC3=O)C12CC(c1ccoc1)OC2=O. The largest absolute Gasteiger partial charge is 0.472 e. The van der Waals surface area contributed by atoms with Crippen LogP contribution in [0.4, 0.5) is 0 Å². The van der Waals surface area contributed by atoms with Gasteiger partial charge in [-0.05, 0) is 45.6 Å². The predicted molar refractivity (Wildman–Crippen MR) is 98.3 cm³/mol. The van der Waals surface area contributed by atoms with E-state index in [0.717, 1.165) is 5.56 Å². The summed E-state index contributed by atoms with van der Waals surface area (Å²) in [7, 11) is 0. The van der Waals surface area contributed by atoms with E-state index in [0.29, 0.717) is 25.7 Å². The Morgan fingerprint density at radius 3 is 2.48 bits per heavy atom. The van der Waals surface area contributed by atoms with Gasteiger partial charge in [-0.3, -0.25) is 14.4 Å². The molecule has 0 N–H and O–H groups in total. The molecular weight excluding hydrogens is 376 g/mol. The maximum atomic E-state index is 13.7. The lowest BCUT2D eigenvalue weighted by Crippen LogP contribution is -2.71. The molecule has 29 heavy (non-hydrogen) atoms. The minimum Gasteiger partial charge on any atom is -0.472 e. The monoisotopic (exact) mass is 402 g/mol. The summed E-state index contributed by atoms with van der Waals surface area (Å²) in [5.41, 5.74) is -3.93. The van der Waals surface area contributed by atoms with Gasteiger partial charge in [0.05, 0.1) is 17.9 Å². The molecule has 7 nitrogen and oxygen atoms in total. The van der Waals surface area contributed by atoms with Crippen molar-refractivity contribution in [1.82, 2.24) is 0 Å². The lowest BCUT2D eigenvalue weighted by atomic mass is 9.45. The normalized spacial score (nSPS) is 47.8. The molecule has 2 aliphatic carbocycles. The van der Waals surface area contributed by atoms with E-state index < -0.39 is 45.5 Å². The number of cyclic esters (lactones) is 1. The zero-order chi connectivity index (χ0) is 20.9. The van der Waals surface area contributed by atoms with Crippen LogP contribution in [0, 0.1) is 16.2 Å². The third kappa shape index (κ3) is 1.79.